The minimum Gasteiger partial charge on any atom is -0.497 e. The highest BCUT2D eigenvalue weighted by Gasteiger charge is 2.19. The van der Waals surface area contributed by atoms with Crippen molar-refractivity contribution in [2.75, 3.05) is 29.2 Å². The maximum absolute atomic E-state index is 11.4. The van der Waals surface area contributed by atoms with Gasteiger partial charge in [0.1, 0.15) is 12.1 Å². The third-order valence-corrected chi connectivity index (χ3v) is 5.16. The molecule has 1 aromatic heterocycles. The average Bonchev–Trinajstić information content (AvgIpc) is 2.75. The van der Waals surface area contributed by atoms with Crippen LogP contribution in [0.25, 0.3) is 0 Å². The lowest BCUT2D eigenvalue weighted by Crippen LogP contribution is -2.32. The molecule has 0 spiro atoms. The Bertz CT molecular complexity index is 1080. The molecule has 0 bridgehead atoms. The second-order valence-corrected chi connectivity index (χ2v) is 7.20. The molecule has 2 aromatic carbocycles. The van der Waals surface area contributed by atoms with Crippen LogP contribution in [0.15, 0.2) is 42.7 Å². The van der Waals surface area contributed by atoms with E-state index >= 15 is 0 Å². The van der Waals surface area contributed by atoms with Crippen molar-refractivity contribution in [1.29, 1.82) is 0 Å². The predicted molar refractivity (Wildman–Crippen MR) is 116 cm³/mol. The monoisotopic (exact) mass is 404 g/mol. The maximum atomic E-state index is 11.4. The number of carbonyl (C=O) groups excluding carboxylic acids is 1. The van der Waals surface area contributed by atoms with Gasteiger partial charge in [0.05, 0.1) is 7.11 Å². The summed E-state index contributed by atoms with van der Waals surface area (Å²) in [7, 11) is 1.68. The van der Waals surface area contributed by atoms with E-state index in [1.807, 2.05) is 31.2 Å². The van der Waals surface area contributed by atoms with E-state index in [1.54, 1.807) is 7.11 Å². The fourth-order valence-electron chi connectivity index (χ4n) is 3.54. The summed E-state index contributed by atoms with van der Waals surface area (Å²) < 4.78 is 5.33. The largest absolute Gasteiger partial charge is 0.497 e. The minimum atomic E-state index is -0.110. The fraction of sp³-hybridized carbons (Fsp3) is 0.273. The molecule has 0 saturated heterocycles. The number of aromatic nitrogens is 3. The number of amides is 1. The first-order chi connectivity index (χ1) is 14.5. The van der Waals surface area contributed by atoms with Crippen LogP contribution in [-0.2, 0) is 17.8 Å². The van der Waals surface area contributed by atoms with Crippen molar-refractivity contribution < 1.29 is 9.53 Å². The number of hydrogen-bond donors (Lipinski definition) is 2. The molecule has 0 saturated carbocycles. The van der Waals surface area contributed by atoms with Gasteiger partial charge in [-0.15, -0.1) is 0 Å². The first-order valence-corrected chi connectivity index (χ1v) is 9.77. The Kier molecular flexibility index (Phi) is 5.47. The number of ether oxygens (including phenoxy) is 1. The summed E-state index contributed by atoms with van der Waals surface area (Å²) in [5.41, 5.74) is 5.04. The summed E-state index contributed by atoms with van der Waals surface area (Å²) in [5.74, 6) is 1.86. The molecule has 0 fully saturated rings. The van der Waals surface area contributed by atoms with Crippen molar-refractivity contribution in [3.05, 3.63) is 59.4 Å². The number of benzene rings is 2. The zero-order valence-corrected chi connectivity index (χ0v) is 17.3. The molecule has 2 N–H and O–H groups in total. The van der Waals surface area contributed by atoms with E-state index in [4.69, 9.17) is 4.74 Å². The van der Waals surface area contributed by atoms with Crippen LogP contribution in [-0.4, -0.2) is 34.5 Å². The number of methoxy groups -OCH3 is 1. The molecule has 8 heteroatoms. The van der Waals surface area contributed by atoms with Crippen LogP contribution in [0.3, 0.4) is 0 Å². The predicted octanol–water partition coefficient (Wildman–Crippen LogP) is 3.45. The molecule has 0 unspecified atom stereocenters. The van der Waals surface area contributed by atoms with Gasteiger partial charge in [-0.25, -0.2) is 9.97 Å². The van der Waals surface area contributed by atoms with Crippen molar-refractivity contribution >= 4 is 29.2 Å². The number of anilines is 4. The van der Waals surface area contributed by atoms with Gasteiger partial charge in [-0.2, -0.15) is 4.98 Å². The number of rotatable bonds is 5. The average molecular weight is 404 g/mol. The Hall–Kier alpha value is -3.68. The molecule has 0 radical (unpaired) electrons. The van der Waals surface area contributed by atoms with Crippen molar-refractivity contribution in [3.63, 3.8) is 0 Å². The van der Waals surface area contributed by atoms with Crippen molar-refractivity contribution in [2.24, 2.45) is 0 Å². The van der Waals surface area contributed by atoms with E-state index in [-0.39, 0.29) is 5.91 Å². The van der Waals surface area contributed by atoms with E-state index in [9.17, 15) is 4.79 Å². The molecule has 0 aliphatic carbocycles. The summed E-state index contributed by atoms with van der Waals surface area (Å²) in [5, 5.41) is 6.07. The standard InChI is InChI=1S/C22H24N6O2/c1-14-19(25-15(2)29)5-4-6-20(14)26-21-23-13-24-22(27-21)28-10-9-16-11-18(30-3)8-7-17(16)12-28/h4-8,11,13H,9-10,12H2,1-3H3,(H,25,29)(H,23,24,26,27). The molecule has 8 nitrogen and oxygen atoms in total. The van der Waals surface area contributed by atoms with Crippen LogP contribution in [0.5, 0.6) is 5.75 Å². The van der Waals surface area contributed by atoms with Gasteiger partial charge in [0, 0.05) is 31.4 Å². The second-order valence-electron chi connectivity index (χ2n) is 7.20. The fourth-order valence-corrected chi connectivity index (χ4v) is 3.54. The van der Waals surface area contributed by atoms with Crippen LogP contribution >= 0.6 is 0 Å². The Balaban J connectivity index is 1.53. The molecule has 154 valence electrons. The lowest BCUT2D eigenvalue weighted by molar-refractivity contribution is -0.114. The highest BCUT2D eigenvalue weighted by Crippen LogP contribution is 2.28. The van der Waals surface area contributed by atoms with Gasteiger partial charge in [0.2, 0.25) is 17.8 Å². The first kappa shape index (κ1) is 19.6. The molecule has 3 aromatic rings. The van der Waals surface area contributed by atoms with E-state index in [1.165, 1.54) is 24.4 Å². The van der Waals surface area contributed by atoms with Gasteiger partial charge >= 0.3 is 0 Å². The highest BCUT2D eigenvalue weighted by atomic mass is 16.5. The van der Waals surface area contributed by atoms with E-state index < -0.39 is 0 Å². The lowest BCUT2D eigenvalue weighted by Gasteiger charge is -2.29. The zero-order valence-electron chi connectivity index (χ0n) is 17.3. The van der Waals surface area contributed by atoms with Crippen LogP contribution in [0.1, 0.15) is 23.6 Å². The van der Waals surface area contributed by atoms with Gasteiger partial charge in [0.25, 0.3) is 0 Å². The first-order valence-electron chi connectivity index (χ1n) is 9.77. The van der Waals surface area contributed by atoms with Gasteiger partial charge < -0.3 is 20.3 Å². The minimum absolute atomic E-state index is 0.110. The summed E-state index contributed by atoms with van der Waals surface area (Å²) in [4.78, 5) is 26.8. The van der Waals surface area contributed by atoms with Gasteiger partial charge in [-0.1, -0.05) is 12.1 Å². The van der Waals surface area contributed by atoms with Crippen LogP contribution in [0.2, 0.25) is 0 Å². The Morgan fingerprint density at radius 3 is 2.77 bits per heavy atom. The number of carbonyl (C=O) groups is 1. The quantitative estimate of drug-likeness (QED) is 0.673. The summed E-state index contributed by atoms with van der Waals surface area (Å²) in [6.45, 7) is 4.98. The Morgan fingerprint density at radius 2 is 1.97 bits per heavy atom. The smallest absolute Gasteiger partial charge is 0.232 e. The van der Waals surface area contributed by atoms with Gasteiger partial charge in [-0.3, -0.25) is 4.79 Å². The summed E-state index contributed by atoms with van der Waals surface area (Å²) >= 11 is 0. The second kappa shape index (κ2) is 8.36. The topological polar surface area (TPSA) is 92.3 Å². The molecular formula is C22H24N6O2. The maximum Gasteiger partial charge on any atom is 0.232 e. The number of nitrogens with zero attached hydrogens (tertiary/aromatic N) is 4. The molecule has 30 heavy (non-hydrogen) atoms. The van der Waals surface area contributed by atoms with E-state index in [0.717, 1.165) is 42.2 Å². The van der Waals surface area contributed by atoms with Crippen molar-refractivity contribution in [1.82, 2.24) is 15.0 Å². The Labute approximate surface area is 175 Å². The lowest BCUT2D eigenvalue weighted by atomic mass is 10.00. The molecule has 0 atom stereocenters. The van der Waals surface area contributed by atoms with E-state index in [0.29, 0.717) is 11.9 Å². The molecule has 1 amide bonds. The number of nitrogens with one attached hydrogen (secondary N) is 2. The summed E-state index contributed by atoms with van der Waals surface area (Å²) in [6.07, 6.45) is 2.42. The van der Waals surface area contributed by atoms with Crippen LogP contribution < -0.4 is 20.3 Å². The van der Waals surface area contributed by atoms with Crippen LogP contribution in [0.4, 0.5) is 23.3 Å². The molecule has 2 heterocycles. The molecular weight excluding hydrogens is 380 g/mol. The summed E-state index contributed by atoms with van der Waals surface area (Å²) in [6, 6.07) is 11.8. The molecule has 1 aliphatic rings. The van der Waals surface area contributed by atoms with E-state index in [2.05, 4.69) is 42.6 Å². The van der Waals surface area contributed by atoms with Crippen LogP contribution in [0, 0.1) is 6.92 Å². The normalized spacial score (nSPS) is 12.8. The third-order valence-electron chi connectivity index (χ3n) is 5.16. The van der Waals surface area contributed by atoms with Gasteiger partial charge in [0.15, 0.2) is 0 Å². The molecule has 1 aliphatic heterocycles. The Morgan fingerprint density at radius 1 is 1.13 bits per heavy atom. The third kappa shape index (κ3) is 4.17. The van der Waals surface area contributed by atoms with Gasteiger partial charge in [-0.05, 0) is 54.3 Å². The molecule has 4 rings (SSSR count). The SMILES string of the molecule is COc1ccc2c(c1)CCN(c1ncnc(Nc3cccc(NC(C)=O)c3C)n1)C2. The number of fused-ring (bicyclic) bond motifs is 1. The zero-order chi connectivity index (χ0) is 21.1. The van der Waals surface area contributed by atoms with Crippen molar-refractivity contribution in [3.8, 4) is 5.75 Å². The van der Waals surface area contributed by atoms with Crippen molar-refractivity contribution in [2.45, 2.75) is 26.8 Å². The highest BCUT2D eigenvalue weighted by molar-refractivity contribution is 5.90. The number of hydrogen-bond acceptors (Lipinski definition) is 7.